The zero-order valence-corrected chi connectivity index (χ0v) is 13.5. The number of sulfonamides is 1. The fourth-order valence-corrected chi connectivity index (χ4v) is 3.82. The first-order valence-corrected chi connectivity index (χ1v) is 9.08. The lowest BCUT2D eigenvalue weighted by atomic mass is 10.00. The number of carbonyl (C=O) groups excluding carboxylic acids is 1. The van der Waals surface area contributed by atoms with Crippen LogP contribution in [-0.4, -0.2) is 49.4 Å². The average molecular weight is 321 g/mol. The Morgan fingerprint density at radius 2 is 1.95 bits per heavy atom. The molecule has 0 aromatic heterocycles. The van der Waals surface area contributed by atoms with E-state index in [2.05, 4.69) is 10.3 Å². The summed E-state index contributed by atoms with van der Waals surface area (Å²) in [4.78, 5) is 16.9. The van der Waals surface area contributed by atoms with Crippen molar-refractivity contribution in [2.45, 2.75) is 25.4 Å². The molecule has 1 fully saturated rings. The van der Waals surface area contributed by atoms with E-state index in [9.17, 15) is 13.2 Å². The van der Waals surface area contributed by atoms with E-state index >= 15 is 0 Å². The van der Waals surface area contributed by atoms with E-state index in [4.69, 9.17) is 0 Å². The fourth-order valence-electron chi connectivity index (χ4n) is 2.98. The Morgan fingerprint density at radius 1 is 1.27 bits per heavy atom. The summed E-state index contributed by atoms with van der Waals surface area (Å²) in [6.07, 6.45) is 2.21. The molecular formula is C15H19N3O3S. The molecule has 0 atom stereocenters. The van der Waals surface area contributed by atoms with Gasteiger partial charge in [-0.05, 0) is 13.0 Å². The monoisotopic (exact) mass is 321 g/mol. The van der Waals surface area contributed by atoms with Gasteiger partial charge in [0, 0.05) is 31.5 Å². The van der Waals surface area contributed by atoms with Crippen LogP contribution in [0.2, 0.25) is 0 Å². The number of carbonyl (C=O) groups is 1. The van der Waals surface area contributed by atoms with Crippen molar-refractivity contribution in [2.75, 3.05) is 19.3 Å². The van der Waals surface area contributed by atoms with Gasteiger partial charge in [0.2, 0.25) is 10.0 Å². The summed E-state index contributed by atoms with van der Waals surface area (Å²) in [6.45, 7) is 2.73. The van der Waals surface area contributed by atoms with E-state index in [1.165, 1.54) is 10.6 Å². The number of amides is 1. The van der Waals surface area contributed by atoms with Crippen LogP contribution in [0, 0.1) is 6.92 Å². The number of rotatable bonds is 2. The van der Waals surface area contributed by atoms with Crippen LogP contribution in [0.4, 0.5) is 0 Å². The highest BCUT2D eigenvalue weighted by Crippen LogP contribution is 2.29. The second-order valence-corrected chi connectivity index (χ2v) is 7.96. The predicted octanol–water partition coefficient (Wildman–Crippen LogP) is 0.666. The Hall–Kier alpha value is -1.73. The maximum absolute atomic E-state index is 12.3. The maximum atomic E-state index is 12.3. The third kappa shape index (κ3) is 2.78. The van der Waals surface area contributed by atoms with Gasteiger partial charge in [-0.3, -0.25) is 9.79 Å². The van der Waals surface area contributed by atoms with Gasteiger partial charge in [0.05, 0.1) is 6.26 Å². The van der Waals surface area contributed by atoms with E-state index in [0.29, 0.717) is 31.6 Å². The number of piperidine rings is 1. The van der Waals surface area contributed by atoms with E-state index < -0.39 is 15.7 Å². The molecule has 7 heteroatoms. The number of hydrogen-bond donors (Lipinski definition) is 1. The Labute approximate surface area is 130 Å². The molecule has 0 saturated carbocycles. The third-order valence-corrected chi connectivity index (χ3v) is 5.50. The third-order valence-electron chi connectivity index (χ3n) is 4.20. The van der Waals surface area contributed by atoms with Gasteiger partial charge in [0.25, 0.3) is 5.91 Å². The van der Waals surface area contributed by atoms with Crippen molar-refractivity contribution in [1.29, 1.82) is 0 Å². The smallest absolute Gasteiger partial charge is 0.272 e. The maximum Gasteiger partial charge on any atom is 0.272 e. The predicted molar refractivity (Wildman–Crippen MR) is 84.2 cm³/mol. The van der Waals surface area contributed by atoms with Crippen LogP contribution in [0.1, 0.15) is 24.0 Å². The molecule has 0 aliphatic carbocycles. The van der Waals surface area contributed by atoms with Gasteiger partial charge < -0.3 is 5.32 Å². The van der Waals surface area contributed by atoms with Crippen LogP contribution in [-0.2, 0) is 14.8 Å². The average Bonchev–Trinajstić information content (AvgIpc) is 2.75. The van der Waals surface area contributed by atoms with Crippen molar-refractivity contribution in [3.63, 3.8) is 0 Å². The molecule has 0 radical (unpaired) electrons. The Morgan fingerprint density at radius 3 is 2.55 bits per heavy atom. The molecule has 2 heterocycles. The molecule has 1 aromatic rings. The van der Waals surface area contributed by atoms with E-state index in [1.54, 1.807) is 0 Å². The summed E-state index contributed by atoms with van der Waals surface area (Å²) in [5.74, 6) is -0.182. The molecule has 1 spiro atoms. The fraction of sp³-hybridized carbons (Fsp3) is 0.467. The minimum Gasteiger partial charge on any atom is -0.326 e. The molecule has 118 valence electrons. The van der Waals surface area contributed by atoms with Crippen molar-refractivity contribution >= 4 is 21.6 Å². The minimum atomic E-state index is -3.18. The van der Waals surface area contributed by atoms with Gasteiger partial charge in [-0.2, -0.15) is 0 Å². The highest BCUT2D eigenvalue weighted by molar-refractivity contribution is 7.88. The second kappa shape index (κ2) is 5.17. The van der Waals surface area contributed by atoms with Crippen LogP contribution < -0.4 is 5.32 Å². The largest absolute Gasteiger partial charge is 0.326 e. The van der Waals surface area contributed by atoms with Crippen molar-refractivity contribution in [1.82, 2.24) is 9.62 Å². The van der Waals surface area contributed by atoms with Crippen LogP contribution in [0.3, 0.4) is 0 Å². The first-order valence-electron chi connectivity index (χ1n) is 7.24. The first-order chi connectivity index (χ1) is 10.3. The van der Waals surface area contributed by atoms with E-state index in [-0.39, 0.29) is 5.91 Å². The Kier molecular flexibility index (Phi) is 3.57. The normalized spacial score (nSPS) is 21.7. The first kappa shape index (κ1) is 15.2. The van der Waals surface area contributed by atoms with Crippen LogP contribution in [0.15, 0.2) is 29.3 Å². The number of hydrogen-bond acceptors (Lipinski definition) is 4. The second-order valence-electron chi connectivity index (χ2n) is 5.98. The SMILES string of the molecule is Cc1cccc(C2=NC3(CCN(S(C)(=O)=O)CC3)NC2=O)c1. The van der Waals surface area contributed by atoms with Gasteiger partial charge in [-0.1, -0.05) is 23.8 Å². The molecule has 0 bridgehead atoms. The van der Waals surface area contributed by atoms with Crippen LogP contribution in [0.5, 0.6) is 0 Å². The molecule has 1 saturated heterocycles. The van der Waals surface area contributed by atoms with E-state index in [0.717, 1.165) is 11.1 Å². The lowest BCUT2D eigenvalue weighted by Gasteiger charge is -2.35. The van der Waals surface area contributed by atoms with Crippen molar-refractivity contribution in [3.8, 4) is 0 Å². The van der Waals surface area contributed by atoms with E-state index in [1.807, 2.05) is 31.2 Å². The molecule has 22 heavy (non-hydrogen) atoms. The van der Waals surface area contributed by atoms with Gasteiger partial charge in [-0.15, -0.1) is 0 Å². The van der Waals surface area contributed by atoms with Gasteiger partial charge in [0.1, 0.15) is 11.4 Å². The lowest BCUT2D eigenvalue weighted by molar-refractivity contribution is -0.115. The lowest BCUT2D eigenvalue weighted by Crippen LogP contribution is -2.52. The molecule has 2 aliphatic heterocycles. The number of aryl methyl sites for hydroxylation is 1. The zero-order chi connectivity index (χ0) is 16.0. The highest BCUT2D eigenvalue weighted by Gasteiger charge is 2.43. The summed E-state index contributed by atoms with van der Waals surface area (Å²) < 4.78 is 24.6. The quantitative estimate of drug-likeness (QED) is 0.869. The number of nitrogens with zero attached hydrogens (tertiary/aromatic N) is 2. The zero-order valence-electron chi connectivity index (χ0n) is 12.7. The summed E-state index contributed by atoms with van der Waals surface area (Å²) in [5.41, 5.74) is 1.66. The van der Waals surface area contributed by atoms with Crippen LogP contribution >= 0.6 is 0 Å². The van der Waals surface area contributed by atoms with Gasteiger partial charge in [0.15, 0.2) is 0 Å². The number of aliphatic imine (C=N–C) groups is 1. The van der Waals surface area contributed by atoms with Crippen molar-refractivity contribution in [2.24, 2.45) is 4.99 Å². The highest BCUT2D eigenvalue weighted by atomic mass is 32.2. The molecule has 6 nitrogen and oxygen atoms in total. The summed E-state index contributed by atoms with van der Waals surface area (Å²) in [6, 6.07) is 7.67. The Balaban J connectivity index is 1.85. The summed E-state index contributed by atoms with van der Waals surface area (Å²) in [5, 5.41) is 2.95. The molecule has 0 unspecified atom stereocenters. The molecular weight excluding hydrogens is 302 g/mol. The minimum absolute atomic E-state index is 0.182. The number of benzene rings is 1. The number of nitrogens with one attached hydrogen (secondary N) is 1. The topological polar surface area (TPSA) is 78.8 Å². The molecule has 3 rings (SSSR count). The van der Waals surface area contributed by atoms with Crippen molar-refractivity contribution < 1.29 is 13.2 Å². The van der Waals surface area contributed by atoms with Crippen molar-refractivity contribution in [3.05, 3.63) is 35.4 Å². The Bertz CT molecular complexity index is 747. The molecule has 1 aromatic carbocycles. The molecule has 1 N–H and O–H groups in total. The summed E-state index contributed by atoms with van der Waals surface area (Å²) >= 11 is 0. The van der Waals surface area contributed by atoms with Crippen LogP contribution in [0.25, 0.3) is 0 Å². The van der Waals surface area contributed by atoms with Gasteiger partial charge >= 0.3 is 0 Å². The summed E-state index contributed by atoms with van der Waals surface area (Å²) in [7, 11) is -3.18. The molecule has 1 amide bonds. The molecule has 2 aliphatic rings. The standard InChI is InChI=1S/C15H19N3O3S/c1-11-4-3-5-12(10-11)13-14(19)17-15(16-13)6-8-18(9-7-15)22(2,20)21/h3-5,10H,6-9H2,1-2H3,(H,17,19). The van der Waals surface area contributed by atoms with Gasteiger partial charge in [-0.25, -0.2) is 12.7 Å².